The van der Waals surface area contributed by atoms with Crippen molar-refractivity contribution in [3.63, 3.8) is 0 Å². The normalized spacial score (nSPS) is 17.0. The van der Waals surface area contributed by atoms with Gasteiger partial charge in [0, 0.05) is 11.0 Å². The molecule has 86 valence electrons. The number of hydrogen-bond donors (Lipinski definition) is 0. The molecule has 1 atom stereocenters. The molecular formula is C12H15NOS2. The number of benzene rings is 1. The van der Waals surface area contributed by atoms with Crippen molar-refractivity contribution in [1.82, 2.24) is 0 Å². The second kappa shape index (κ2) is 5.64. The summed E-state index contributed by atoms with van der Waals surface area (Å²) in [7, 11) is 1.70. The standard InChI is InChI=1S/C12H15NOS2/c1-9(16-12-13-6-7-15-12)10-4-3-5-11(8-10)14-2/h3-5,8-9H,6-7H2,1-2H3/t9-/m1/s1. The molecule has 1 aromatic carbocycles. The fourth-order valence-electron chi connectivity index (χ4n) is 1.50. The average molecular weight is 253 g/mol. The van der Waals surface area contributed by atoms with E-state index in [0.717, 1.165) is 18.0 Å². The molecule has 0 radical (unpaired) electrons. The van der Waals surface area contributed by atoms with E-state index in [1.807, 2.05) is 35.7 Å². The zero-order valence-electron chi connectivity index (χ0n) is 9.47. The number of methoxy groups -OCH3 is 1. The van der Waals surface area contributed by atoms with Crippen molar-refractivity contribution in [2.45, 2.75) is 12.2 Å². The molecule has 2 rings (SSSR count). The first-order valence-electron chi connectivity index (χ1n) is 5.27. The lowest BCUT2D eigenvalue weighted by molar-refractivity contribution is 0.414. The maximum Gasteiger partial charge on any atom is 0.125 e. The lowest BCUT2D eigenvalue weighted by atomic mass is 10.1. The fourth-order valence-corrected chi connectivity index (χ4v) is 3.75. The summed E-state index contributed by atoms with van der Waals surface area (Å²) in [6.07, 6.45) is 0. The molecule has 0 aromatic heterocycles. The largest absolute Gasteiger partial charge is 0.497 e. The highest BCUT2D eigenvalue weighted by Crippen LogP contribution is 2.35. The highest BCUT2D eigenvalue weighted by atomic mass is 32.2. The van der Waals surface area contributed by atoms with E-state index in [1.165, 1.54) is 9.94 Å². The number of hydrogen-bond acceptors (Lipinski definition) is 4. The second-order valence-corrected chi connectivity index (χ2v) is 6.20. The van der Waals surface area contributed by atoms with Crippen LogP contribution in [0.1, 0.15) is 17.7 Å². The SMILES string of the molecule is COc1cccc([C@@H](C)SC2=NCCS2)c1. The summed E-state index contributed by atoms with van der Waals surface area (Å²) >= 11 is 3.69. The van der Waals surface area contributed by atoms with Crippen LogP contribution >= 0.6 is 23.5 Å². The van der Waals surface area contributed by atoms with Crippen molar-refractivity contribution in [3.05, 3.63) is 29.8 Å². The first-order valence-corrected chi connectivity index (χ1v) is 7.14. The monoisotopic (exact) mass is 253 g/mol. The molecule has 1 heterocycles. The zero-order valence-corrected chi connectivity index (χ0v) is 11.1. The van der Waals surface area contributed by atoms with Gasteiger partial charge < -0.3 is 4.74 Å². The molecule has 4 heteroatoms. The Morgan fingerprint density at radius 1 is 1.50 bits per heavy atom. The molecule has 0 aliphatic carbocycles. The van der Waals surface area contributed by atoms with Crippen LogP contribution in [0.4, 0.5) is 0 Å². The molecule has 16 heavy (non-hydrogen) atoms. The van der Waals surface area contributed by atoms with Gasteiger partial charge in [-0.15, -0.1) is 0 Å². The number of rotatable bonds is 3. The molecule has 0 fully saturated rings. The zero-order chi connectivity index (χ0) is 11.4. The summed E-state index contributed by atoms with van der Waals surface area (Å²) in [5.41, 5.74) is 1.29. The molecule has 2 nitrogen and oxygen atoms in total. The van der Waals surface area contributed by atoms with Gasteiger partial charge in [0.25, 0.3) is 0 Å². The van der Waals surface area contributed by atoms with Crippen LogP contribution in [0.25, 0.3) is 0 Å². The van der Waals surface area contributed by atoms with Crippen molar-refractivity contribution >= 4 is 27.9 Å². The van der Waals surface area contributed by atoms with Gasteiger partial charge >= 0.3 is 0 Å². The third-order valence-corrected chi connectivity index (χ3v) is 4.76. The van der Waals surface area contributed by atoms with Gasteiger partial charge in [-0.2, -0.15) is 0 Å². The maximum absolute atomic E-state index is 5.23. The third kappa shape index (κ3) is 2.95. The maximum atomic E-state index is 5.23. The van der Waals surface area contributed by atoms with Crippen molar-refractivity contribution < 1.29 is 4.74 Å². The molecular weight excluding hydrogens is 238 g/mol. The Labute approximate surface area is 105 Å². The lowest BCUT2D eigenvalue weighted by Gasteiger charge is -2.11. The van der Waals surface area contributed by atoms with Crippen LogP contribution in [0, 0.1) is 0 Å². The summed E-state index contributed by atoms with van der Waals surface area (Å²) in [5, 5.41) is 0.430. The van der Waals surface area contributed by atoms with E-state index < -0.39 is 0 Å². The van der Waals surface area contributed by atoms with Gasteiger partial charge in [-0.3, -0.25) is 4.99 Å². The Hall–Kier alpha value is -0.610. The molecule has 0 saturated carbocycles. The Morgan fingerprint density at radius 2 is 2.38 bits per heavy atom. The summed E-state index contributed by atoms with van der Waals surface area (Å²) in [6.45, 7) is 3.18. The first kappa shape index (κ1) is 11.9. The van der Waals surface area contributed by atoms with Gasteiger partial charge in [-0.1, -0.05) is 35.7 Å². The molecule has 0 unspecified atom stereocenters. The van der Waals surface area contributed by atoms with Gasteiger partial charge in [-0.05, 0) is 24.6 Å². The number of thioether (sulfide) groups is 2. The molecule has 1 aliphatic heterocycles. The van der Waals surface area contributed by atoms with E-state index >= 15 is 0 Å². The summed E-state index contributed by atoms with van der Waals surface area (Å²) < 4.78 is 6.45. The number of nitrogens with zero attached hydrogens (tertiary/aromatic N) is 1. The van der Waals surface area contributed by atoms with Gasteiger partial charge in [0.15, 0.2) is 0 Å². The molecule has 1 aromatic rings. The fraction of sp³-hybridized carbons (Fsp3) is 0.417. The predicted octanol–water partition coefficient (Wildman–Crippen LogP) is 3.59. The van der Waals surface area contributed by atoms with E-state index in [1.54, 1.807) is 7.11 Å². The van der Waals surface area contributed by atoms with Gasteiger partial charge in [0.05, 0.1) is 13.7 Å². The highest BCUT2D eigenvalue weighted by molar-refractivity contribution is 8.39. The minimum Gasteiger partial charge on any atom is -0.497 e. The summed E-state index contributed by atoms with van der Waals surface area (Å²) in [4.78, 5) is 4.46. The minimum absolute atomic E-state index is 0.430. The molecule has 0 saturated heterocycles. The van der Waals surface area contributed by atoms with Crippen molar-refractivity contribution in [3.8, 4) is 5.75 Å². The second-order valence-electron chi connectivity index (χ2n) is 3.53. The Kier molecular flexibility index (Phi) is 4.18. The average Bonchev–Trinajstić information content (AvgIpc) is 2.82. The van der Waals surface area contributed by atoms with Crippen LogP contribution in [-0.2, 0) is 0 Å². The van der Waals surface area contributed by atoms with E-state index in [-0.39, 0.29) is 0 Å². The summed E-state index contributed by atoms with van der Waals surface area (Å²) in [6, 6.07) is 8.25. The van der Waals surface area contributed by atoms with Crippen LogP contribution < -0.4 is 4.74 Å². The minimum atomic E-state index is 0.430. The van der Waals surface area contributed by atoms with Crippen molar-refractivity contribution in [1.29, 1.82) is 0 Å². The van der Waals surface area contributed by atoms with Crippen LogP contribution in [0.2, 0.25) is 0 Å². The topological polar surface area (TPSA) is 21.6 Å². The van der Waals surface area contributed by atoms with Crippen molar-refractivity contribution in [2.75, 3.05) is 19.4 Å². The number of ether oxygens (including phenoxy) is 1. The molecule has 1 aliphatic rings. The molecule has 0 amide bonds. The van der Waals surface area contributed by atoms with Gasteiger partial charge in [-0.25, -0.2) is 0 Å². The van der Waals surface area contributed by atoms with E-state index in [4.69, 9.17) is 4.74 Å². The van der Waals surface area contributed by atoms with Crippen LogP contribution in [0.15, 0.2) is 29.3 Å². The Morgan fingerprint density at radius 3 is 3.06 bits per heavy atom. The van der Waals surface area contributed by atoms with E-state index in [2.05, 4.69) is 24.0 Å². The molecule has 0 N–H and O–H groups in total. The van der Waals surface area contributed by atoms with E-state index in [9.17, 15) is 0 Å². The van der Waals surface area contributed by atoms with Crippen LogP contribution in [0.3, 0.4) is 0 Å². The lowest BCUT2D eigenvalue weighted by Crippen LogP contribution is -1.93. The van der Waals surface area contributed by atoms with Crippen LogP contribution in [-0.4, -0.2) is 23.8 Å². The smallest absolute Gasteiger partial charge is 0.125 e. The predicted molar refractivity (Wildman–Crippen MR) is 73.8 cm³/mol. The molecule has 0 bridgehead atoms. The van der Waals surface area contributed by atoms with Gasteiger partial charge in [0.2, 0.25) is 0 Å². The molecule has 0 spiro atoms. The summed E-state index contributed by atoms with van der Waals surface area (Å²) in [5.74, 6) is 2.05. The highest BCUT2D eigenvalue weighted by Gasteiger charge is 2.14. The Balaban J connectivity index is 2.04. The quantitative estimate of drug-likeness (QED) is 0.821. The van der Waals surface area contributed by atoms with Crippen LogP contribution in [0.5, 0.6) is 5.75 Å². The van der Waals surface area contributed by atoms with Crippen molar-refractivity contribution in [2.24, 2.45) is 4.99 Å². The Bertz CT molecular complexity index is 392. The van der Waals surface area contributed by atoms with E-state index in [0.29, 0.717) is 5.25 Å². The number of aliphatic imine (C=N–C) groups is 1. The van der Waals surface area contributed by atoms with Gasteiger partial charge in [0.1, 0.15) is 10.1 Å². The first-order chi connectivity index (χ1) is 7.79. The third-order valence-electron chi connectivity index (χ3n) is 2.40.